The Kier molecular flexibility index (Phi) is 9.38. The van der Waals surface area contributed by atoms with Gasteiger partial charge in [-0.05, 0) is 13.8 Å². The van der Waals surface area contributed by atoms with E-state index < -0.39 is 68.0 Å². The molecule has 0 aliphatic carbocycles. The third kappa shape index (κ3) is 7.69. The predicted molar refractivity (Wildman–Crippen MR) is 87.6 cm³/mol. The lowest BCUT2D eigenvalue weighted by atomic mass is 9.95. The summed E-state index contributed by atoms with van der Waals surface area (Å²) < 4.78 is 91.3. The van der Waals surface area contributed by atoms with Crippen molar-refractivity contribution in [3.05, 3.63) is 24.3 Å². The van der Waals surface area contributed by atoms with Crippen LogP contribution in [0.15, 0.2) is 24.3 Å². The van der Waals surface area contributed by atoms with E-state index in [9.17, 15) is 46.1 Å². The van der Waals surface area contributed by atoms with Crippen molar-refractivity contribution in [1.29, 1.82) is 0 Å². The highest BCUT2D eigenvalue weighted by Crippen LogP contribution is 2.49. The molecule has 12 heteroatoms. The fourth-order valence-electron chi connectivity index (χ4n) is 1.82. The SMILES string of the molecule is C=C(C)C(=O)OCC(O)CC(F)(F)C(F)(F)C(F)(F)CC(O)COC(=O)C(=C)C. The van der Waals surface area contributed by atoms with Crippen LogP contribution in [0, 0.1) is 0 Å². The summed E-state index contributed by atoms with van der Waals surface area (Å²) >= 11 is 0. The maximum absolute atomic E-state index is 13.8. The van der Waals surface area contributed by atoms with E-state index in [4.69, 9.17) is 0 Å². The summed E-state index contributed by atoms with van der Waals surface area (Å²) in [5, 5.41) is 18.7. The van der Waals surface area contributed by atoms with E-state index in [0.717, 1.165) is 0 Å². The first-order valence-electron chi connectivity index (χ1n) is 8.09. The van der Waals surface area contributed by atoms with Crippen molar-refractivity contribution < 1.29 is 55.6 Å². The van der Waals surface area contributed by atoms with Crippen molar-refractivity contribution in [3.63, 3.8) is 0 Å². The maximum atomic E-state index is 13.8. The van der Waals surface area contributed by atoms with Crippen molar-refractivity contribution in [1.82, 2.24) is 0 Å². The van der Waals surface area contributed by atoms with Gasteiger partial charge in [-0.25, -0.2) is 9.59 Å². The fraction of sp³-hybridized carbons (Fsp3) is 0.647. The first kappa shape index (κ1) is 26.9. The summed E-state index contributed by atoms with van der Waals surface area (Å²) in [7, 11) is 0. The number of esters is 2. The number of aliphatic hydroxyl groups excluding tert-OH is 2. The highest BCUT2D eigenvalue weighted by atomic mass is 19.3. The predicted octanol–water partition coefficient (Wildman–Crippen LogP) is 2.63. The number of alkyl halides is 6. The molecule has 0 bridgehead atoms. The Hall–Kier alpha value is -2.08. The summed E-state index contributed by atoms with van der Waals surface area (Å²) in [6.07, 6.45) is -9.06. The summed E-state index contributed by atoms with van der Waals surface area (Å²) in [5.41, 5.74) is -0.329. The minimum Gasteiger partial charge on any atom is -0.460 e. The molecule has 29 heavy (non-hydrogen) atoms. The van der Waals surface area contributed by atoms with E-state index in [1.165, 1.54) is 13.8 Å². The van der Waals surface area contributed by atoms with Gasteiger partial charge in [0.25, 0.3) is 0 Å². The third-order valence-electron chi connectivity index (χ3n) is 3.41. The molecule has 0 saturated heterocycles. The molecule has 0 saturated carbocycles. The summed E-state index contributed by atoms with van der Waals surface area (Å²) in [6, 6.07) is 0. The van der Waals surface area contributed by atoms with Crippen molar-refractivity contribution in [2.45, 2.75) is 56.7 Å². The van der Waals surface area contributed by atoms with E-state index in [1.54, 1.807) is 0 Å². The van der Waals surface area contributed by atoms with Crippen LogP contribution in [-0.4, -0.2) is 65.3 Å². The Labute approximate surface area is 162 Å². The summed E-state index contributed by atoms with van der Waals surface area (Å²) in [5.74, 6) is -19.0. The number of aliphatic hydroxyl groups is 2. The Balaban J connectivity index is 5.04. The standard InChI is InChI=1S/C17H22F6O6/c1-9(2)13(26)28-7-11(24)5-15(18,19)17(22,23)16(20,21)6-12(25)8-29-14(27)10(3)4/h11-12,24-25H,1,3,5-8H2,2,4H3. The van der Waals surface area contributed by atoms with E-state index in [-0.39, 0.29) is 11.1 Å². The topological polar surface area (TPSA) is 93.1 Å². The molecule has 6 nitrogen and oxygen atoms in total. The molecule has 2 atom stereocenters. The molecule has 0 aliphatic heterocycles. The van der Waals surface area contributed by atoms with Gasteiger partial charge in [0.05, 0.1) is 12.2 Å². The zero-order valence-corrected chi connectivity index (χ0v) is 15.7. The maximum Gasteiger partial charge on any atom is 0.372 e. The molecule has 2 N–H and O–H groups in total. The van der Waals surface area contributed by atoms with Gasteiger partial charge in [-0.15, -0.1) is 0 Å². The van der Waals surface area contributed by atoms with Gasteiger partial charge < -0.3 is 19.7 Å². The number of carbonyl (C=O) groups excluding carboxylic acids is 2. The fourth-order valence-corrected chi connectivity index (χ4v) is 1.82. The average molecular weight is 436 g/mol. The van der Waals surface area contributed by atoms with Crippen molar-refractivity contribution in [3.8, 4) is 0 Å². The van der Waals surface area contributed by atoms with Crippen LogP contribution in [0.4, 0.5) is 26.3 Å². The lowest BCUT2D eigenvalue weighted by Crippen LogP contribution is -2.56. The van der Waals surface area contributed by atoms with E-state index in [2.05, 4.69) is 22.6 Å². The van der Waals surface area contributed by atoms with Gasteiger partial charge in [-0.2, -0.15) is 26.3 Å². The molecule has 0 fully saturated rings. The van der Waals surface area contributed by atoms with Crippen LogP contribution in [-0.2, 0) is 19.1 Å². The highest BCUT2D eigenvalue weighted by molar-refractivity contribution is 5.87. The Morgan fingerprint density at radius 3 is 1.31 bits per heavy atom. The third-order valence-corrected chi connectivity index (χ3v) is 3.41. The molecule has 0 aliphatic rings. The molecule has 0 heterocycles. The molecule has 0 aromatic heterocycles. The van der Waals surface area contributed by atoms with Crippen molar-refractivity contribution in [2.24, 2.45) is 0 Å². The zero-order valence-electron chi connectivity index (χ0n) is 15.7. The molecule has 0 spiro atoms. The van der Waals surface area contributed by atoms with E-state index >= 15 is 0 Å². The van der Waals surface area contributed by atoms with Gasteiger partial charge in [0.2, 0.25) is 0 Å². The van der Waals surface area contributed by atoms with Crippen molar-refractivity contribution >= 4 is 11.9 Å². The smallest absolute Gasteiger partial charge is 0.372 e. The Morgan fingerprint density at radius 1 is 0.793 bits per heavy atom. The quantitative estimate of drug-likeness (QED) is 0.278. The molecular weight excluding hydrogens is 414 g/mol. The number of rotatable bonds is 12. The van der Waals surface area contributed by atoms with Crippen LogP contribution < -0.4 is 0 Å². The normalized spacial score (nSPS) is 14.7. The van der Waals surface area contributed by atoms with Crippen LogP contribution in [0.25, 0.3) is 0 Å². The van der Waals surface area contributed by atoms with Crippen LogP contribution >= 0.6 is 0 Å². The largest absolute Gasteiger partial charge is 0.460 e. The summed E-state index contributed by atoms with van der Waals surface area (Å²) in [6.45, 7) is 6.40. The minimum absolute atomic E-state index is 0.165. The number of hydrogen-bond acceptors (Lipinski definition) is 6. The number of ether oxygens (including phenoxy) is 2. The molecule has 2 unspecified atom stereocenters. The second-order valence-electron chi connectivity index (χ2n) is 6.46. The molecule has 0 rings (SSSR count). The first-order chi connectivity index (χ1) is 12.9. The number of halogens is 6. The number of carbonyl (C=O) groups is 2. The van der Waals surface area contributed by atoms with Gasteiger partial charge >= 0.3 is 29.7 Å². The Morgan fingerprint density at radius 2 is 1.07 bits per heavy atom. The Bertz CT molecular complexity index is 582. The van der Waals surface area contributed by atoms with Crippen LogP contribution in [0.1, 0.15) is 26.7 Å². The lowest BCUT2D eigenvalue weighted by Gasteiger charge is -2.34. The lowest BCUT2D eigenvalue weighted by molar-refractivity contribution is -0.321. The average Bonchev–Trinajstić information content (AvgIpc) is 2.55. The van der Waals surface area contributed by atoms with Gasteiger partial charge in [0.1, 0.15) is 13.2 Å². The van der Waals surface area contributed by atoms with Crippen LogP contribution in [0.5, 0.6) is 0 Å². The summed E-state index contributed by atoms with van der Waals surface area (Å²) in [4.78, 5) is 22.2. The van der Waals surface area contributed by atoms with Gasteiger partial charge in [0, 0.05) is 24.0 Å². The van der Waals surface area contributed by atoms with E-state index in [0.29, 0.717) is 0 Å². The number of hydrogen-bond donors (Lipinski definition) is 2. The molecule has 0 amide bonds. The monoisotopic (exact) mass is 436 g/mol. The molecular formula is C17H22F6O6. The highest BCUT2D eigenvalue weighted by Gasteiger charge is 2.71. The molecule has 168 valence electrons. The van der Waals surface area contributed by atoms with Crippen LogP contribution in [0.2, 0.25) is 0 Å². The molecule has 0 aromatic carbocycles. The first-order valence-corrected chi connectivity index (χ1v) is 8.09. The van der Waals surface area contributed by atoms with Crippen LogP contribution in [0.3, 0.4) is 0 Å². The molecule has 0 aromatic rings. The molecule has 0 radical (unpaired) electrons. The van der Waals surface area contributed by atoms with E-state index in [1.807, 2.05) is 0 Å². The van der Waals surface area contributed by atoms with Gasteiger partial charge in [-0.3, -0.25) is 0 Å². The second-order valence-corrected chi connectivity index (χ2v) is 6.46. The van der Waals surface area contributed by atoms with Gasteiger partial charge in [0.15, 0.2) is 0 Å². The van der Waals surface area contributed by atoms with Crippen molar-refractivity contribution in [2.75, 3.05) is 13.2 Å². The second kappa shape index (κ2) is 10.1. The zero-order chi connectivity index (χ0) is 23.2. The van der Waals surface area contributed by atoms with Gasteiger partial charge in [-0.1, -0.05) is 13.2 Å². The minimum atomic E-state index is -5.99.